The molecule has 0 amide bonds. The molecule has 0 saturated carbocycles. The molecule has 0 unspecified atom stereocenters. The minimum Gasteiger partial charge on any atom is -0.508 e. The van der Waals surface area contributed by atoms with E-state index in [0.29, 0.717) is 24.2 Å². The van der Waals surface area contributed by atoms with Gasteiger partial charge in [0, 0.05) is 17.7 Å². The van der Waals surface area contributed by atoms with E-state index in [1.54, 1.807) is 48.5 Å². The number of aliphatic hydroxyl groups excluding tert-OH is 4. The number of fused-ring (bicyclic) bond motifs is 1. The van der Waals surface area contributed by atoms with Gasteiger partial charge in [-0.3, -0.25) is 0 Å². The standard InChI is InChI=1S/C34H34O11/c35-16-27-30(40)31(41)32(42)34(45-27)43-25-13-19(4-1-17-2-7-21(36)8-3-17)28-26(15-25)44-33(18-5-9-22(37)10-6-18)29(28)20-11-23(38)14-24(39)12-20/h2-3,5-15,27,29-42H,1,4,16H2/t27-,29-,30-,31+,32-,33+,34-/m1/s1. The van der Waals surface area contributed by atoms with Gasteiger partial charge in [0.2, 0.25) is 6.29 Å². The van der Waals surface area contributed by atoms with Gasteiger partial charge in [-0.15, -0.1) is 0 Å². The van der Waals surface area contributed by atoms with Crippen LogP contribution in [0.4, 0.5) is 0 Å². The smallest absolute Gasteiger partial charge is 0.229 e. The zero-order valence-electron chi connectivity index (χ0n) is 24.0. The predicted octanol–water partition coefficient (Wildman–Crippen LogP) is 2.74. The van der Waals surface area contributed by atoms with Crippen LogP contribution in [0.5, 0.6) is 34.5 Å². The Hall–Kier alpha value is -4.52. The maximum Gasteiger partial charge on any atom is 0.229 e. The maximum atomic E-state index is 10.6. The fraction of sp³-hybridized carbons (Fsp3) is 0.294. The third-order valence-electron chi connectivity index (χ3n) is 8.29. The van der Waals surface area contributed by atoms with Gasteiger partial charge in [-0.1, -0.05) is 24.3 Å². The average molecular weight is 619 g/mol. The Morgan fingerprint density at radius 2 is 1.29 bits per heavy atom. The van der Waals surface area contributed by atoms with E-state index in [4.69, 9.17) is 14.2 Å². The molecular formula is C34H34O11. The normalized spacial score (nSPS) is 25.8. The van der Waals surface area contributed by atoms with E-state index in [9.17, 15) is 40.9 Å². The summed E-state index contributed by atoms with van der Waals surface area (Å²) in [6.45, 7) is -0.608. The van der Waals surface area contributed by atoms with Crippen molar-refractivity contribution < 1.29 is 55.1 Å². The Kier molecular flexibility index (Phi) is 8.45. The van der Waals surface area contributed by atoms with Crippen LogP contribution in [-0.2, 0) is 17.6 Å². The fourth-order valence-corrected chi connectivity index (χ4v) is 6.04. The Labute approximate surface area is 258 Å². The largest absolute Gasteiger partial charge is 0.508 e. The van der Waals surface area contributed by atoms with Gasteiger partial charge in [0.05, 0.1) is 12.5 Å². The summed E-state index contributed by atoms with van der Waals surface area (Å²) < 4.78 is 18.1. The van der Waals surface area contributed by atoms with Crippen LogP contribution < -0.4 is 9.47 Å². The van der Waals surface area contributed by atoms with Crippen molar-refractivity contribution in [3.05, 3.63) is 107 Å². The monoisotopic (exact) mass is 618 g/mol. The molecule has 4 aromatic carbocycles. The number of hydrogen-bond donors (Lipinski definition) is 8. The highest BCUT2D eigenvalue weighted by molar-refractivity contribution is 5.58. The number of phenolic OH excluding ortho intramolecular Hbond substituents is 4. The summed E-state index contributed by atoms with van der Waals surface area (Å²) in [5, 5.41) is 81.2. The van der Waals surface area contributed by atoms with Crippen LogP contribution in [0.2, 0.25) is 0 Å². The van der Waals surface area contributed by atoms with Crippen molar-refractivity contribution in [2.45, 2.75) is 55.6 Å². The Morgan fingerprint density at radius 3 is 1.93 bits per heavy atom. The lowest BCUT2D eigenvalue weighted by Gasteiger charge is -2.39. The molecule has 1 fully saturated rings. The summed E-state index contributed by atoms with van der Waals surface area (Å²) in [5.41, 5.74) is 3.78. The van der Waals surface area contributed by atoms with Crippen molar-refractivity contribution in [2.75, 3.05) is 6.61 Å². The third kappa shape index (κ3) is 6.21. The summed E-state index contributed by atoms with van der Waals surface area (Å²) in [6.07, 6.45) is -6.99. The van der Waals surface area contributed by atoms with E-state index in [1.807, 2.05) is 12.1 Å². The summed E-state index contributed by atoms with van der Waals surface area (Å²) in [6, 6.07) is 21.0. The van der Waals surface area contributed by atoms with E-state index >= 15 is 0 Å². The van der Waals surface area contributed by atoms with Crippen molar-refractivity contribution in [1.82, 2.24) is 0 Å². The van der Waals surface area contributed by atoms with Crippen molar-refractivity contribution >= 4 is 0 Å². The van der Waals surface area contributed by atoms with Crippen LogP contribution in [0, 0.1) is 0 Å². The third-order valence-corrected chi connectivity index (χ3v) is 8.29. The second-order valence-corrected chi connectivity index (χ2v) is 11.4. The maximum absolute atomic E-state index is 10.6. The fourth-order valence-electron chi connectivity index (χ4n) is 6.04. The number of phenols is 4. The van der Waals surface area contributed by atoms with Gasteiger partial charge in [0.25, 0.3) is 0 Å². The first-order valence-corrected chi connectivity index (χ1v) is 14.5. The molecule has 11 nitrogen and oxygen atoms in total. The number of ether oxygens (including phenoxy) is 3. The van der Waals surface area contributed by atoms with Gasteiger partial charge in [-0.2, -0.15) is 0 Å². The number of aromatic hydroxyl groups is 4. The van der Waals surface area contributed by atoms with E-state index < -0.39 is 49.3 Å². The number of aliphatic hydroxyl groups is 4. The Bertz CT molecular complexity index is 1620. The van der Waals surface area contributed by atoms with Crippen molar-refractivity contribution in [2.24, 2.45) is 0 Å². The molecule has 45 heavy (non-hydrogen) atoms. The molecule has 6 rings (SSSR count). The Morgan fingerprint density at radius 1 is 0.644 bits per heavy atom. The molecule has 1 saturated heterocycles. The number of rotatable bonds is 8. The molecule has 0 spiro atoms. The molecule has 0 aliphatic carbocycles. The zero-order chi connectivity index (χ0) is 31.8. The number of aryl methyl sites for hydroxylation is 2. The van der Waals surface area contributed by atoms with E-state index in [2.05, 4.69) is 0 Å². The lowest BCUT2D eigenvalue weighted by molar-refractivity contribution is -0.277. The summed E-state index contributed by atoms with van der Waals surface area (Å²) in [7, 11) is 0. The topological polar surface area (TPSA) is 190 Å². The quantitative estimate of drug-likeness (QED) is 0.145. The first-order valence-electron chi connectivity index (χ1n) is 14.5. The van der Waals surface area contributed by atoms with E-state index in [0.717, 1.165) is 22.3 Å². The lowest BCUT2D eigenvalue weighted by atomic mass is 9.81. The van der Waals surface area contributed by atoms with E-state index in [-0.39, 0.29) is 28.7 Å². The van der Waals surface area contributed by atoms with Gasteiger partial charge in [0.15, 0.2) is 0 Å². The van der Waals surface area contributed by atoms with Crippen molar-refractivity contribution in [3.8, 4) is 34.5 Å². The number of benzene rings is 4. The molecule has 4 aromatic rings. The molecule has 11 heteroatoms. The van der Waals surface area contributed by atoms with Crippen LogP contribution in [-0.4, -0.2) is 78.2 Å². The van der Waals surface area contributed by atoms with Gasteiger partial charge < -0.3 is 55.1 Å². The Balaban J connectivity index is 1.44. The lowest BCUT2D eigenvalue weighted by Crippen LogP contribution is -2.60. The molecular weight excluding hydrogens is 584 g/mol. The molecule has 2 aliphatic rings. The van der Waals surface area contributed by atoms with Crippen molar-refractivity contribution in [1.29, 1.82) is 0 Å². The zero-order valence-corrected chi connectivity index (χ0v) is 24.0. The molecule has 8 N–H and O–H groups in total. The first kappa shape index (κ1) is 30.5. The molecule has 236 valence electrons. The van der Waals surface area contributed by atoms with E-state index in [1.165, 1.54) is 18.2 Å². The summed E-state index contributed by atoms with van der Waals surface area (Å²) in [4.78, 5) is 0. The molecule has 7 atom stereocenters. The average Bonchev–Trinajstić information content (AvgIpc) is 3.40. The van der Waals surface area contributed by atoms with Gasteiger partial charge in [0.1, 0.15) is 65.0 Å². The SMILES string of the molecule is OC[C@H]1O[C@@H](Oc2cc(CCc3ccc(O)cc3)c3c(c2)O[C@@H](c2ccc(O)cc2)[C@@H]3c2cc(O)cc(O)c2)[C@H](O)[C@@H](O)[C@@H]1O. The van der Waals surface area contributed by atoms with Gasteiger partial charge in [-0.25, -0.2) is 0 Å². The van der Waals surface area contributed by atoms with Crippen LogP contribution in [0.25, 0.3) is 0 Å². The highest BCUT2D eigenvalue weighted by Gasteiger charge is 2.45. The van der Waals surface area contributed by atoms with Crippen LogP contribution in [0.3, 0.4) is 0 Å². The highest BCUT2D eigenvalue weighted by atomic mass is 16.7. The second-order valence-electron chi connectivity index (χ2n) is 11.4. The highest BCUT2D eigenvalue weighted by Crippen LogP contribution is 2.53. The predicted molar refractivity (Wildman–Crippen MR) is 159 cm³/mol. The first-order chi connectivity index (χ1) is 21.6. The van der Waals surface area contributed by atoms with Gasteiger partial charge in [-0.05, 0) is 77.6 Å². The minimum absolute atomic E-state index is 0.0746. The van der Waals surface area contributed by atoms with Crippen LogP contribution in [0.15, 0.2) is 78.9 Å². The summed E-state index contributed by atoms with van der Waals surface area (Å²) in [5.74, 6) is 0.0892. The molecule has 0 bridgehead atoms. The minimum atomic E-state index is -1.62. The van der Waals surface area contributed by atoms with Gasteiger partial charge >= 0.3 is 0 Å². The summed E-state index contributed by atoms with van der Waals surface area (Å²) >= 11 is 0. The van der Waals surface area contributed by atoms with Crippen LogP contribution >= 0.6 is 0 Å². The van der Waals surface area contributed by atoms with Crippen LogP contribution in [0.1, 0.15) is 39.8 Å². The molecule has 0 aromatic heterocycles. The molecule has 2 aliphatic heterocycles. The second kappa shape index (κ2) is 12.5. The molecule has 0 radical (unpaired) electrons. The van der Waals surface area contributed by atoms with Crippen molar-refractivity contribution in [3.63, 3.8) is 0 Å². The molecule has 2 heterocycles. The number of hydrogen-bond acceptors (Lipinski definition) is 11.